The molecule has 1 aliphatic rings. The summed E-state index contributed by atoms with van der Waals surface area (Å²) in [5.74, 6) is -0.873. The quantitative estimate of drug-likeness (QED) is 0.855. The highest BCUT2D eigenvalue weighted by molar-refractivity contribution is 5.30. The van der Waals surface area contributed by atoms with E-state index in [2.05, 4.69) is 12.2 Å². The monoisotopic (exact) mass is 305 g/mol. The van der Waals surface area contributed by atoms with E-state index in [0.717, 1.165) is 18.9 Å². The maximum Gasteiger partial charge on any atom is 0.416 e. The normalized spacial score (nSPS) is 18.7. The van der Waals surface area contributed by atoms with Crippen molar-refractivity contribution in [3.63, 3.8) is 0 Å². The fourth-order valence-electron chi connectivity index (χ4n) is 2.51. The largest absolute Gasteiger partial charge is 0.416 e. The second-order valence-electron chi connectivity index (χ2n) is 5.83. The van der Waals surface area contributed by atoms with E-state index in [0.29, 0.717) is 25.8 Å². The topological polar surface area (TPSA) is 21.3 Å². The Morgan fingerprint density at radius 1 is 1.24 bits per heavy atom. The first-order valence-corrected chi connectivity index (χ1v) is 6.94. The molecule has 0 aliphatic carbocycles. The van der Waals surface area contributed by atoms with Crippen LogP contribution in [0.25, 0.3) is 0 Å². The van der Waals surface area contributed by atoms with Crippen LogP contribution in [-0.4, -0.2) is 19.8 Å². The summed E-state index contributed by atoms with van der Waals surface area (Å²) in [5, 5.41) is 3.07. The van der Waals surface area contributed by atoms with Crippen LogP contribution in [0, 0.1) is 11.2 Å². The predicted octanol–water partition coefficient (Wildman–Crippen LogP) is 3.75. The molecule has 0 unspecified atom stereocenters. The molecule has 0 amide bonds. The summed E-state index contributed by atoms with van der Waals surface area (Å²) in [6.07, 6.45) is -2.77. The van der Waals surface area contributed by atoms with Gasteiger partial charge in [0, 0.05) is 26.3 Å². The second kappa shape index (κ2) is 6.32. The molecule has 0 saturated carbocycles. The van der Waals surface area contributed by atoms with Crippen LogP contribution in [0.15, 0.2) is 18.2 Å². The summed E-state index contributed by atoms with van der Waals surface area (Å²) in [6.45, 7) is 4.15. The zero-order chi connectivity index (χ0) is 15.5. The lowest BCUT2D eigenvalue weighted by Gasteiger charge is -2.33. The minimum Gasteiger partial charge on any atom is -0.381 e. The van der Waals surface area contributed by atoms with Crippen molar-refractivity contribution < 1.29 is 22.3 Å². The van der Waals surface area contributed by atoms with E-state index in [1.54, 1.807) is 0 Å². The Morgan fingerprint density at radius 3 is 2.52 bits per heavy atom. The van der Waals surface area contributed by atoms with Gasteiger partial charge in [-0.2, -0.15) is 13.2 Å². The average molecular weight is 305 g/mol. The van der Waals surface area contributed by atoms with Crippen LogP contribution in [0.2, 0.25) is 0 Å². The van der Waals surface area contributed by atoms with Crippen molar-refractivity contribution in [1.29, 1.82) is 0 Å². The minimum atomic E-state index is -4.54. The molecule has 0 atom stereocenters. The Labute approximate surface area is 121 Å². The van der Waals surface area contributed by atoms with Gasteiger partial charge in [0.25, 0.3) is 0 Å². The molecule has 1 heterocycles. The highest BCUT2D eigenvalue weighted by atomic mass is 19.4. The van der Waals surface area contributed by atoms with Gasteiger partial charge in [-0.25, -0.2) is 4.39 Å². The van der Waals surface area contributed by atoms with Gasteiger partial charge >= 0.3 is 6.18 Å². The van der Waals surface area contributed by atoms with Crippen molar-refractivity contribution in [3.05, 3.63) is 35.1 Å². The summed E-state index contributed by atoms with van der Waals surface area (Å²) in [6, 6.07) is 2.80. The van der Waals surface area contributed by atoms with Crippen LogP contribution < -0.4 is 5.32 Å². The first-order chi connectivity index (χ1) is 9.80. The molecule has 1 fully saturated rings. The number of benzene rings is 1. The van der Waals surface area contributed by atoms with Crippen molar-refractivity contribution >= 4 is 0 Å². The first-order valence-electron chi connectivity index (χ1n) is 6.94. The summed E-state index contributed by atoms with van der Waals surface area (Å²) in [5.41, 5.74) is -0.803. The van der Waals surface area contributed by atoms with Gasteiger partial charge in [-0.05, 0) is 36.0 Å². The lowest BCUT2D eigenvalue weighted by atomic mass is 9.82. The van der Waals surface area contributed by atoms with E-state index < -0.39 is 17.6 Å². The molecule has 1 aliphatic heterocycles. The van der Waals surface area contributed by atoms with Crippen molar-refractivity contribution in [3.8, 4) is 0 Å². The molecule has 1 aromatic carbocycles. The third-order valence-electron chi connectivity index (χ3n) is 3.94. The molecule has 118 valence electrons. The molecule has 0 bridgehead atoms. The Morgan fingerprint density at radius 2 is 1.90 bits per heavy atom. The third kappa shape index (κ3) is 4.41. The van der Waals surface area contributed by atoms with Crippen LogP contribution in [0.1, 0.15) is 30.9 Å². The zero-order valence-corrected chi connectivity index (χ0v) is 11.9. The van der Waals surface area contributed by atoms with E-state index in [-0.39, 0.29) is 17.5 Å². The molecule has 1 aromatic rings. The van der Waals surface area contributed by atoms with Crippen LogP contribution in [0.5, 0.6) is 0 Å². The molecule has 1 saturated heterocycles. The van der Waals surface area contributed by atoms with Gasteiger partial charge in [-0.1, -0.05) is 13.0 Å². The highest BCUT2D eigenvalue weighted by Crippen LogP contribution is 2.33. The molecule has 6 heteroatoms. The predicted molar refractivity (Wildman–Crippen MR) is 71.3 cm³/mol. The third-order valence-corrected chi connectivity index (χ3v) is 3.94. The van der Waals surface area contributed by atoms with Crippen molar-refractivity contribution in [2.75, 3.05) is 19.8 Å². The lowest BCUT2D eigenvalue weighted by molar-refractivity contribution is -0.138. The molecule has 0 aromatic heterocycles. The molecule has 1 N–H and O–H groups in total. The molecule has 0 radical (unpaired) electrons. The van der Waals surface area contributed by atoms with E-state index in [9.17, 15) is 17.6 Å². The summed E-state index contributed by atoms with van der Waals surface area (Å²) in [4.78, 5) is 0. The van der Waals surface area contributed by atoms with Gasteiger partial charge < -0.3 is 10.1 Å². The summed E-state index contributed by atoms with van der Waals surface area (Å²) >= 11 is 0. The number of hydrogen-bond donors (Lipinski definition) is 1. The number of nitrogens with one attached hydrogen (secondary N) is 1. The lowest BCUT2D eigenvalue weighted by Crippen LogP contribution is -2.36. The second-order valence-corrected chi connectivity index (χ2v) is 5.83. The molecule has 0 spiro atoms. The van der Waals surface area contributed by atoms with Crippen LogP contribution in [0.4, 0.5) is 17.6 Å². The Bertz CT molecular complexity index is 481. The smallest absolute Gasteiger partial charge is 0.381 e. The molecular weight excluding hydrogens is 286 g/mol. The number of hydrogen-bond acceptors (Lipinski definition) is 2. The van der Waals surface area contributed by atoms with Crippen LogP contribution in [0.3, 0.4) is 0 Å². The Balaban J connectivity index is 2.00. The standard InChI is InChI=1S/C15H19F4NO/c1-14(4-6-21-7-5-14)10-20-9-11-2-3-12(16)8-13(11)15(17,18)19/h2-3,8,20H,4-7,9-10H2,1H3. The van der Waals surface area contributed by atoms with Crippen LogP contribution >= 0.6 is 0 Å². The van der Waals surface area contributed by atoms with Gasteiger partial charge in [0.1, 0.15) is 5.82 Å². The van der Waals surface area contributed by atoms with E-state index in [4.69, 9.17) is 4.74 Å². The average Bonchev–Trinajstić information content (AvgIpc) is 2.40. The minimum absolute atomic E-state index is 0.0384. The van der Waals surface area contributed by atoms with Gasteiger partial charge in [0.2, 0.25) is 0 Å². The molecule has 2 rings (SSSR count). The van der Waals surface area contributed by atoms with Gasteiger partial charge in [-0.3, -0.25) is 0 Å². The van der Waals surface area contributed by atoms with E-state index >= 15 is 0 Å². The first kappa shape index (κ1) is 16.2. The number of ether oxygens (including phenoxy) is 1. The Kier molecular flexibility index (Phi) is 4.88. The fraction of sp³-hybridized carbons (Fsp3) is 0.600. The zero-order valence-electron chi connectivity index (χ0n) is 11.9. The Hall–Kier alpha value is -1.14. The van der Waals surface area contributed by atoms with Crippen molar-refractivity contribution in [1.82, 2.24) is 5.32 Å². The van der Waals surface area contributed by atoms with E-state index in [1.807, 2.05) is 0 Å². The van der Waals surface area contributed by atoms with Gasteiger partial charge in [-0.15, -0.1) is 0 Å². The maximum absolute atomic E-state index is 13.0. The number of halogens is 4. The summed E-state index contributed by atoms with van der Waals surface area (Å²) < 4.78 is 56.9. The number of rotatable bonds is 4. The fourth-order valence-corrected chi connectivity index (χ4v) is 2.51. The van der Waals surface area contributed by atoms with Gasteiger partial charge in [0.15, 0.2) is 0 Å². The SMILES string of the molecule is CC1(CNCc2ccc(F)cc2C(F)(F)F)CCOCC1. The maximum atomic E-state index is 13.0. The highest BCUT2D eigenvalue weighted by Gasteiger charge is 2.34. The molecule has 2 nitrogen and oxygen atoms in total. The van der Waals surface area contributed by atoms with Crippen molar-refractivity contribution in [2.45, 2.75) is 32.5 Å². The summed E-state index contributed by atoms with van der Waals surface area (Å²) in [7, 11) is 0. The number of alkyl halides is 3. The van der Waals surface area contributed by atoms with Crippen molar-refractivity contribution in [2.24, 2.45) is 5.41 Å². The van der Waals surface area contributed by atoms with E-state index in [1.165, 1.54) is 6.07 Å². The molecular formula is C15H19F4NO. The molecule has 21 heavy (non-hydrogen) atoms. The van der Waals surface area contributed by atoms with Crippen LogP contribution in [-0.2, 0) is 17.5 Å². The van der Waals surface area contributed by atoms with Gasteiger partial charge in [0.05, 0.1) is 5.56 Å².